The average molecular weight is 372 g/mol. The minimum absolute atomic E-state index is 0.129. The van der Waals surface area contributed by atoms with Crippen molar-refractivity contribution in [2.45, 2.75) is 32.2 Å². The third-order valence-corrected chi connectivity index (χ3v) is 5.49. The molecule has 1 aromatic heterocycles. The molecule has 26 heavy (non-hydrogen) atoms. The molecule has 1 aliphatic rings. The molecule has 5 nitrogen and oxygen atoms in total. The molecule has 3 rings (SSSR count). The number of thiophene rings is 1. The number of aryl methyl sites for hydroxylation is 1. The van der Waals surface area contributed by atoms with Crippen molar-refractivity contribution in [3.05, 3.63) is 52.2 Å². The van der Waals surface area contributed by atoms with Crippen LogP contribution in [0.4, 0.5) is 5.69 Å². The average Bonchev–Trinajstić information content (AvgIpc) is 3.37. The predicted molar refractivity (Wildman–Crippen MR) is 105 cm³/mol. The van der Waals surface area contributed by atoms with E-state index < -0.39 is 11.8 Å². The molecule has 2 N–H and O–H groups in total. The second-order valence-corrected chi connectivity index (χ2v) is 7.31. The Morgan fingerprint density at radius 1 is 1.12 bits per heavy atom. The van der Waals surface area contributed by atoms with Gasteiger partial charge in [-0.25, -0.2) is 0 Å². The van der Waals surface area contributed by atoms with E-state index in [1.807, 2.05) is 29.6 Å². The van der Waals surface area contributed by atoms with Gasteiger partial charge in [0, 0.05) is 12.2 Å². The maximum Gasteiger partial charge on any atom is 0.313 e. The quantitative estimate of drug-likeness (QED) is 0.767. The van der Waals surface area contributed by atoms with E-state index in [9.17, 15) is 9.59 Å². The molecule has 1 fully saturated rings. The number of nitrogens with one attached hydrogen (secondary N) is 2. The lowest BCUT2D eigenvalue weighted by Gasteiger charge is -2.27. The van der Waals surface area contributed by atoms with Crippen LogP contribution in [-0.2, 0) is 16.0 Å². The zero-order valence-electron chi connectivity index (χ0n) is 15.0. The Morgan fingerprint density at radius 3 is 2.46 bits per heavy atom. The molecule has 2 heterocycles. The van der Waals surface area contributed by atoms with Crippen LogP contribution in [0, 0.1) is 0 Å². The van der Waals surface area contributed by atoms with Crippen LogP contribution in [0.3, 0.4) is 0 Å². The van der Waals surface area contributed by atoms with E-state index in [-0.39, 0.29) is 6.04 Å². The number of nitrogens with zero attached hydrogens (tertiary/aromatic N) is 1. The van der Waals surface area contributed by atoms with Crippen molar-refractivity contribution < 1.29 is 9.59 Å². The number of carbonyl (C=O) groups is 2. The fourth-order valence-electron chi connectivity index (χ4n) is 3.26. The number of amides is 2. The number of likely N-dealkylation sites (tertiary alicyclic amines) is 1. The summed E-state index contributed by atoms with van der Waals surface area (Å²) in [5.74, 6) is -1.22. The summed E-state index contributed by atoms with van der Waals surface area (Å²) >= 11 is 1.65. The highest BCUT2D eigenvalue weighted by molar-refractivity contribution is 7.08. The summed E-state index contributed by atoms with van der Waals surface area (Å²) in [6.07, 6.45) is 3.31. The van der Waals surface area contributed by atoms with Crippen LogP contribution in [0.1, 0.15) is 36.9 Å². The van der Waals surface area contributed by atoms with Gasteiger partial charge >= 0.3 is 11.8 Å². The van der Waals surface area contributed by atoms with Crippen LogP contribution in [-0.4, -0.2) is 36.3 Å². The standard InChI is InChI=1S/C20H25N3O2S/c1-2-15-5-7-17(8-6-15)22-20(25)19(24)21-13-18(16-9-12-26-14-16)23-10-3-4-11-23/h5-9,12,14,18H,2-4,10-11,13H2,1H3,(H,21,24)(H,22,25). The van der Waals surface area contributed by atoms with Crippen LogP contribution in [0.15, 0.2) is 41.1 Å². The third-order valence-electron chi connectivity index (χ3n) is 4.79. The summed E-state index contributed by atoms with van der Waals surface area (Å²) in [4.78, 5) is 26.8. The molecule has 0 aliphatic carbocycles. The van der Waals surface area contributed by atoms with Crippen molar-refractivity contribution in [3.63, 3.8) is 0 Å². The molecule has 0 saturated carbocycles. The van der Waals surface area contributed by atoms with Crippen molar-refractivity contribution in [2.24, 2.45) is 0 Å². The second-order valence-electron chi connectivity index (χ2n) is 6.53. The Labute approximate surface area is 158 Å². The lowest BCUT2D eigenvalue weighted by Crippen LogP contribution is -2.41. The van der Waals surface area contributed by atoms with Gasteiger partial charge in [0.2, 0.25) is 0 Å². The van der Waals surface area contributed by atoms with E-state index in [1.165, 1.54) is 24.0 Å². The number of anilines is 1. The zero-order chi connectivity index (χ0) is 18.4. The number of hydrogen-bond donors (Lipinski definition) is 2. The first-order valence-electron chi connectivity index (χ1n) is 9.11. The normalized spacial score (nSPS) is 15.6. The van der Waals surface area contributed by atoms with Gasteiger partial charge < -0.3 is 10.6 Å². The Kier molecular flexibility index (Phi) is 6.41. The molecule has 1 atom stereocenters. The molecule has 1 aromatic carbocycles. The van der Waals surface area contributed by atoms with Crippen LogP contribution in [0.25, 0.3) is 0 Å². The Hall–Kier alpha value is -2.18. The van der Waals surface area contributed by atoms with Crippen molar-refractivity contribution >= 4 is 28.8 Å². The third kappa shape index (κ3) is 4.71. The van der Waals surface area contributed by atoms with Crippen molar-refractivity contribution in [3.8, 4) is 0 Å². The Morgan fingerprint density at radius 2 is 1.85 bits per heavy atom. The second kappa shape index (κ2) is 8.96. The molecular formula is C20H25N3O2S. The van der Waals surface area contributed by atoms with Gasteiger partial charge in [-0.3, -0.25) is 14.5 Å². The molecule has 6 heteroatoms. The Bertz CT molecular complexity index is 722. The van der Waals surface area contributed by atoms with Crippen molar-refractivity contribution in [1.29, 1.82) is 0 Å². The van der Waals surface area contributed by atoms with Gasteiger partial charge in [-0.2, -0.15) is 11.3 Å². The largest absolute Gasteiger partial charge is 0.346 e. The predicted octanol–water partition coefficient (Wildman–Crippen LogP) is 3.20. The summed E-state index contributed by atoms with van der Waals surface area (Å²) < 4.78 is 0. The SMILES string of the molecule is CCc1ccc(NC(=O)C(=O)NCC(c2ccsc2)N2CCCC2)cc1. The molecule has 2 amide bonds. The highest BCUT2D eigenvalue weighted by atomic mass is 32.1. The number of hydrogen-bond acceptors (Lipinski definition) is 4. The van der Waals surface area contributed by atoms with E-state index in [1.54, 1.807) is 11.3 Å². The highest BCUT2D eigenvalue weighted by Gasteiger charge is 2.25. The van der Waals surface area contributed by atoms with Crippen LogP contribution < -0.4 is 10.6 Å². The first kappa shape index (κ1) is 18.6. The lowest BCUT2D eigenvalue weighted by molar-refractivity contribution is -0.136. The highest BCUT2D eigenvalue weighted by Crippen LogP contribution is 2.26. The number of rotatable bonds is 6. The fraction of sp³-hybridized carbons (Fsp3) is 0.400. The van der Waals surface area contributed by atoms with Crippen LogP contribution in [0.5, 0.6) is 0 Å². The minimum atomic E-state index is -0.625. The Balaban J connectivity index is 1.56. The zero-order valence-corrected chi connectivity index (χ0v) is 15.8. The van der Waals surface area contributed by atoms with Crippen LogP contribution in [0.2, 0.25) is 0 Å². The molecule has 1 saturated heterocycles. The lowest BCUT2D eigenvalue weighted by atomic mass is 10.1. The monoisotopic (exact) mass is 371 g/mol. The van der Waals surface area contributed by atoms with Gasteiger partial charge in [0.05, 0.1) is 6.04 Å². The van der Waals surface area contributed by atoms with Crippen LogP contribution >= 0.6 is 11.3 Å². The molecule has 0 spiro atoms. The summed E-state index contributed by atoms with van der Waals surface area (Å²) in [7, 11) is 0. The smallest absolute Gasteiger partial charge is 0.313 e. The van der Waals surface area contributed by atoms with E-state index in [0.29, 0.717) is 12.2 Å². The van der Waals surface area contributed by atoms with Crippen molar-refractivity contribution in [1.82, 2.24) is 10.2 Å². The fourth-order valence-corrected chi connectivity index (χ4v) is 3.96. The summed E-state index contributed by atoms with van der Waals surface area (Å²) in [5, 5.41) is 9.63. The molecule has 1 unspecified atom stereocenters. The molecule has 0 radical (unpaired) electrons. The molecule has 0 bridgehead atoms. The van der Waals surface area contributed by atoms with Gasteiger partial charge in [0.1, 0.15) is 0 Å². The molecule has 2 aromatic rings. The molecule has 138 valence electrons. The van der Waals surface area contributed by atoms with Gasteiger partial charge in [-0.05, 0) is 72.4 Å². The van der Waals surface area contributed by atoms with E-state index in [4.69, 9.17) is 0 Å². The first-order chi connectivity index (χ1) is 12.7. The van der Waals surface area contributed by atoms with E-state index in [0.717, 1.165) is 19.5 Å². The van der Waals surface area contributed by atoms with Gasteiger partial charge in [0.25, 0.3) is 0 Å². The minimum Gasteiger partial charge on any atom is -0.346 e. The number of benzene rings is 1. The maximum atomic E-state index is 12.2. The summed E-state index contributed by atoms with van der Waals surface area (Å²) in [6, 6.07) is 9.77. The van der Waals surface area contributed by atoms with Gasteiger partial charge in [0.15, 0.2) is 0 Å². The summed E-state index contributed by atoms with van der Waals surface area (Å²) in [5.41, 5.74) is 3.03. The molecular weight excluding hydrogens is 346 g/mol. The summed E-state index contributed by atoms with van der Waals surface area (Å²) in [6.45, 7) is 4.59. The molecule has 1 aliphatic heterocycles. The van der Waals surface area contributed by atoms with Gasteiger partial charge in [-0.1, -0.05) is 19.1 Å². The van der Waals surface area contributed by atoms with E-state index in [2.05, 4.69) is 33.9 Å². The topological polar surface area (TPSA) is 61.4 Å². The van der Waals surface area contributed by atoms with E-state index >= 15 is 0 Å². The number of carbonyl (C=O) groups excluding carboxylic acids is 2. The van der Waals surface area contributed by atoms with Crippen molar-refractivity contribution in [2.75, 3.05) is 25.0 Å². The van der Waals surface area contributed by atoms with Gasteiger partial charge in [-0.15, -0.1) is 0 Å². The maximum absolute atomic E-state index is 12.2. The first-order valence-corrected chi connectivity index (χ1v) is 10.1.